The number of aryl methyl sites for hydroxylation is 1. The Balaban J connectivity index is 1.84. The number of carbonyl (C=O) groups excluding carboxylic acids is 2. The molecule has 3 aromatic carbocycles. The number of amides is 2. The second-order valence-corrected chi connectivity index (χ2v) is 9.12. The quantitative estimate of drug-likeness (QED) is 0.415. The summed E-state index contributed by atoms with van der Waals surface area (Å²) in [5, 5.41) is 2.90. The number of carbonyl (C=O) groups is 2. The first-order valence-corrected chi connectivity index (χ1v) is 12.6. The molecule has 0 unspecified atom stereocenters. The average Bonchev–Trinajstić information content (AvgIpc) is 2.84. The Morgan fingerprint density at radius 3 is 2.26 bits per heavy atom. The van der Waals surface area contributed by atoms with Gasteiger partial charge >= 0.3 is 0 Å². The first-order chi connectivity index (χ1) is 16.5. The van der Waals surface area contributed by atoms with Crippen LogP contribution in [0.1, 0.15) is 29.2 Å². The molecule has 6 heteroatoms. The van der Waals surface area contributed by atoms with E-state index >= 15 is 0 Å². The Hall–Kier alpha value is -3.12. The van der Waals surface area contributed by atoms with Crippen LogP contribution in [0.15, 0.2) is 78.9 Å². The number of nitrogens with zero attached hydrogens (tertiary/aromatic N) is 1. The van der Waals surface area contributed by atoms with Crippen LogP contribution < -0.4 is 5.32 Å². The van der Waals surface area contributed by atoms with Crippen LogP contribution in [0.4, 0.5) is 4.39 Å². The van der Waals surface area contributed by atoms with Crippen LogP contribution in [0.25, 0.3) is 0 Å². The van der Waals surface area contributed by atoms with E-state index in [0.29, 0.717) is 30.8 Å². The minimum absolute atomic E-state index is 0.142. The van der Waals surface area contributed by atoms with Crippen molar-refractivity contribution in [1.82, 2.24) is 10.2 Å². The van der Waals surface area contributed by atoms with E-state index in [9.17, 15) is 14.0 Å². The average molecular weight is 479 g/mol. The van der Waals surface area contributed by atoms with Crippen molar-refractivity contribution in [3.8, 4) is 0 Å². The molecule has 178 valence electrons. The maximum absolute atomic E-state index is 14.0. The van der Waals surface area contributed by atoms with Crippen LogP contribution in [0.3, 0.4) is 0 Å². The van der Waals surface area contributed by atoms with Crippen LogP contribution in [0, 0.1) is 12.7 Å². The zero-order valence-corrected chi connectivity index (χ0v) is 20.5. The van der Waals surface area contributed by atoms with Gasteiger partial charge in [0.15, 0.2) is 0 Å². The van der Waals surface area contributed by atoms with Gasteiger partial charge in [0.1, 0.15) is 11.9 Å². The number of hydrogen-bond donors (Lipinski definition) is 1. The van der Waals surface area contributed by atoms with Gasteiger partial charge in [-0.3, -0.25) is 9.59 Å². The molecule has 34 heavy (non-hydrogen) atoms. The molecule has 3 rings (SSSR count). The number of halogens is 1. The molecule has 4 nitrogen and oxygen atoms in total. The van der Waals surface area contributed by atoms with Crippen molar-refractivity contribution in [2.75, 3.05) is 12.3 Å². The van der Waals surface area contributed by atoms with Crippen molar-refractivity contribution in [2.24, 2.45) is 0 Å². The van der Waals surface area contributed by atoms with Gasteiger partial charge in [0.25, 0.3) is 0 Å². The summed E-state index contributed by atoms with van der Waals surface area (Å²) in [6.07, 6.45) is 0.419. The second-order valence-electron chi connectivity index (χ2n) is 8.13. The lowest BCUT2D eigenvalue weighted by Gasteiger charge is -2.32. The Morgan fingerprint density at radius 2 is 1.59 bits per heavy atom. The molecule has 0 aromatic heterocycles. The Kier molecular flexibility index (Phi) is 9.71. The smallest absolute Gasteiger partial charge is 0.243 e. The van der Waals surface area contributed by atoms with E-state index in [1.807, 2.05) is 68.4 Å². The maximum Gasteiger partial charge on any atom is 0.243 e. The van der Waals surface area contributed by atoms with E-state index in [4.69, 9.17) is 0 Å². The maximum atomic E-state index is 14.0. The molecule has 0 heterocycles. The van der Waals surface area contributed by atoms with Crippen LogP contribution >= 0.6 is 11.8 Å². The Morgan fingerprint density at radius 1 is 0.941 bits per heavy atom. The number of rotatable bonds is 11. The summed E-state index contributed by atoms with van der Waals surface area (Å²) < 4.78 is 14.0. The van der Waals surface area contributed by atoms with Gasteiger partial charge < -0.3 is 10.2 Å². The molecule has 0 saturated carbocycles. The van der Waals surface area contributed by atoms with Gasteiger partial charge in [0.2, 0.25) is 11.8 Å². The van der Waals surface area contributed by atoms with E-state index in [2.05, 4.69) is 5.32 Å². The van der Waals surface area contributed by atoms with Gasteiger partial charge in [-0.1, -0.05) is 72.8 Å². The topological polar surface area (TPSA) is 49.4 Å². The van der Waals surface area contributed by atoms with E-state index in [-0.39, 0.29) is 23.4 Å². The normalized spacial score (nSPS) is 11.6. The molecule has 1 atom stereocenters. The standard InChI is InChI=1S/C28H31FN2O2S/c1-3-30-28(33)26(17-22-12-5-4-6-13-22)31(18-23-14-8-7-11-21(23)2)27(32)20-34-19-24-15-9-10-16-25(24)29/h4-16,26H,3,17-20H2,1-2H3,(H,30,33)/t26-/m1/s1. The number of thioether (sulfide) groups is 1. The van der Waals surface area contributed by atoms with E-state index in [1.54, 1.807) is 23.1 Å². The van der Waals surface area contributed by atoms with Crippen molar-refractivity contribution in [1.29, 1.82) is 0 Å². The fourth-order valence-electron chi connectivity index (χ4n) is 3.76. The van der Waals surface area contributed by atoms with Crippen LogP contribution in [0.5, 0.6) is 0 Å². The van der Waals surface area contributed by atoms with E-state index < -0.39 is 6.04 Å². The summed E-state index contributed by atoms with van der Waals surface area (Å²) in [4.78, 5) is 28.3. The number of hydrogen-bond acceptors (Lipinski definition) is 3. The van der Waals surface area contributed by atoms with Gasteiger partial charge in [-0.15, -0.1) is 11.8 Å². The molecule has 0 bridgehead atoms. The molecule has 2 amide bonds. The number of benzene rings is 3. The lowest BCUT2D eigenvalue weighted by atomic mass is 10.0. The van der Waals surface area contributed by atoms with Gasteiger partial charge in [-0.05, 0) is 42.2 Å². The molecule has 3 aromatic rings. The first-order valence-electron chi connectivity index (χ1n) is 11.5. The van der Waals surface area contributed by atoms with Crippen LogP contribution in [0.2, 0.25) is 0 Å². The molecule has 1 N–H and O–H groups in total. The fourth-order valence-corrected chi connectivity index (χ4v) is 4.66. The molecule has 0 aliphatic rings. The van der Waals surface area contributed by atoms with Crippen LogP contribution in [-0.2, 0) is 28.3 Å². The lowest BCUT2D eigenvalue weighted by Crippen LogP contribution is -2.51. The van der Waals surface area contributed by atoms with Crippen molar-refractivity contribution >= 4 is 23.6 Å². The van der Waals surface area contributed by atoms with Gasteiger partial charge in [0.05, 0.1) is 5.75 Å². The number of nitrogens with one attached hydrogen (secondary N) is 1. The Bertz CT molecular complexity index is 1090. The molecule has 0 radical (unpaired) electrons. The summed E-state index contributed by atoms with van der Waals surface area (Å²) in [7, 11) is 0. The SMILES string of the molecule is CCNC(=O)[C@@H](Cc1ccccc1)N(Cc1ccccc1C)C(=O)CSCc1ccccc1F. The van der Waals surface area contributed by atoms with Crippen LogP contribution in [-0.4, -0.2) is 35.1 Å². The molecule has 0 aliphatic carbocycles. The van der Waals surface area contributed by atoms with E-state index in [0.717, 1.165) is 16.7 Å². The molecule has 0 aliphatic heterocycles. The summed E-state index contributed by atoms with van der Waals surface area (Å²) in [5.74, 6) is -0.0425. The van der Waals surface area contributed by atoms with E-state index in [1.165, 1.54) is 17.8 Å². The van der Waals surface area contributed by atoms with Crippen molar-refractivity contribution in [2.45, 2.75) is 38.6 Å². The van der Waals surface area contributed by atoms with Crippen molar-refractivity contribution in [3.63, 3.8) is 0 Å². The van der Waals surface area contributed by atoms with Gasteiger partial charge in [0, 0.05) is 25.3 Å². The van der Waals surface area contributed by atoms with Crippen molar-refractivity contribution in [3.05, 3.63) is 107 Å². The lowest BCUT2D eigenvalue weighted by molar-refractivity contribution is -0.139. The predicted octanol–water partition coefficient (Wildman–Crippen LogP) is 5.14. The van der Waals surface area contributed by atoms with Gasteiger partial charge in [-0.2, -0.15) is 0 Å². The largest absolute Gasteiger partial charge is 0.355 e. The van der Waals surface area contributed by atoms with Crippen molar-refractivity contribution < 1.29 is 14.0 Å². The minimum atomic E-state index is -0.650. The highest BCUT2D eigenvalue weighted by molar-refractivity contribution is 7.99. The molecule has 0 fully saturated rings. The third-order valence-corrected chi connectivity index (χ3v) is 6.63. The highest BCUT2D eigenvalue weighted by Crippen LogP contribution is 2.20. The monoisotopic (exact) mass is 478 g/mol. The first kappa shape index (κ1) is 25.5. The Labute approximate surface area is 205 Å². The zero-order chi connectivity index (χ0) is 24.3. The second kappa shape index (κ2) is 12.9. The minimum Gasteiger partial charge on any atom is -0.355 e. The third-order valence-electron chi connectivity index (χ3n) is 5.66. The molecular formula is C28H31FN2O2S. The summed E-state index contributed by atoms with van der Waals surface area (Å²) in [6, 6.07) is 23.6. The molecule has 0 saturated heterocycles. The van der Waals surface area contributed by atoms with Gasteiger partial charge in [-0.25, -0.2) is 4.39 Å². The summed E-state index contributed by atoms with van der Waals surface area (Å²) >= 11 is 1.36. The zero-order valence-electron chi connectivity index (χ0n) is 19.7. The highest BCUT2D eigenvalue weighted by Gasteiger charge is 2.30. The summed E-state index contributed by atoms with van der Waals surface area (Å²) in [6.45, 7) is 4.69. The molecular weight excluding hydrogens is 447 g/mol. The highest BCUT2D eigenvalue weighted by atomic mass is 32.2. The predicted molar refractivity (Wildman–Crippen MR) is 137 cm³/mol. The third kappa shape index (κ3) is 7.19. The fraction of sp³-hybridized carbons (Fsp3) is 0.286. The molecule has 0 spiro atoms. The number of likely N-dealkylation sites (N-methyl/N-ethyl adjacent to an activating group) is 1. The summed E-state index contributed by atoms with van der Waals surface area (Å²) in [5.41, 5.74) is 3.61.